The number of nitro groups is 4. The Labute approximate surface area is 795 Å². The summed E-state index contributed by atoms with van der Waals surface area (Å²) in [4.78, 5) is 139. The molecule has 0 saturated carbocycles. The number of carboxylic acid groups (broad SMARTS) is 2. The van der Waals surface area contributed by atoms with E-state index in [1.807, 2.05) is 22.8 Å². The molecule has 0 spiro atoms. The summed E-state index contributed by atoms with van der Waals surface area (Å²) in [5.41, 5.74) is -0.900. The molecular formula is C84H116N12Na2O29. The first kappa shape index (κ1) is 112. The quantitative estimate of drug-likeness (QED) is 0.00470. The second-order valence-corrected chi connectivity index (χ2v) is 25.0. The molecule has 4 N–H and O–H groups in total. The number of carbonyl (C=O) groups excluding carboxylic acids is 8. The molecule has 688 valence electrons. The number of ether oxygens (including phenoxy) is 9. The van der Waals surface area contributed by atoms with Crippen LogP contribution in [0.1, 0.15) is 92.1 Å². The van der Waals surface area contributed by atoms with Gasteiger partial charge in [0, 0.05) is 83.5 Å². The number of nitrogens with one attached hydrogen (secondary N) is 2. The number of allylic oxidation sites excluding steroid dienone is 2. The summed E-state index contributed by atoms with van der Waals surface area (Å²) in [7, 11) is 0. The molecule has 2 amide bonds. The molecule has 41 nitrogen and oxygen atoms in total. The van der Waals surface area contributed by atoms with Crippen LogP contribution in [0, 0.1) is 154 Å². The Balaban J connectivity index is -0.000000161. The fraction of sp³-hybridized carbons (Fsp3) is 0.405. The molecule has 0 bridgehead atoms. The zero-order valence-corrected chi connectivity index (χ0v) is 74.2. The van der Waals surface area contributed by atoms with Crippen molar-refractivity contribution in [2.45, 2.75) is 72.1 Å². The van der Waals surface area contributed by atoms with Gasteiger partial charge in [0.2, 0.25) is 11.8 Å². The van der Waals surface area contributed by atoms with E-state index in [4.69, 9.17) is 61.0 Å². The number of anilines is 4. The van der Waals surface area contributed by atoms with E-state index in [0.29, 0.717) is 57.3 Å². The standard InChI is InChI=1S/C48H40N6O16.C24H32N6O10.C12H18O3.2Na.14H2/c1-4-6-8-10-12-14-16-37(47(58)59)32-45(56)69-30-28-67-25-23-52(22-24-66-26-27-68-29-31-70-46(57)33-38(48(60)61)17-15-13-11-9-7-5-2)39-18-20-41(43(34-39)49-36(3)55)50-51-42-21-19-40(53(62)63)35-44(42)54(64)65;1-18(33)25-23-16-19(28(6-10-38-12-8-31)7-11-39-14-15-40-13-9-32)2-4-21(23)26-27-22-5-3-20(29(34)35)17-24(22)30(36)37;1-2-3-4-5-6-7-8-10-9-11(13)15-12(10)14;;;;;;;;;;;;;;;;/h1-2,18-21,34-35,37-38H,22-33H2,3H3,(H,49,55)(H,58,59)(H,60,61);2-5,16-17,31-32H,6-15H2,1H3,(H,25,33);6-7,10H,2-5,8-9H2,1H3;;;14*1H/q;;;2*+1;;;;;;;;;;;;;;/p-2/b;;7-6+;;;;;;;;;;;;;;;;. The number of esters is 4. The number of non-ortho nitro benzene ring substituents is 2. The van der Waals surface area contributed by atoms with Crippen LogP contribution in [-0.4, -0.2) is 209 Å². The monoisotopic (exact) mass is 1800 g/mol. The van der Waals surface area contributed by atoms with Gasteiger partial charge in [0.25, 0.3) is 11.4 Å². The summed E-state index contributed by atoms with van der Waals surface area (Å²) in [6, 6.07) is 15.3. The number of azo groups is 2. The van der Waals surface area contributed by atoms with E-state index in [1.165, 1.54) is 45.2 Å². The van der Waals surface area contributed by atoms with Crippen molar-refractivity contribution in [3.05, 3.63) is 125 Å². The van der Waals surface area contributed by atoms with Crippen molar-refractivity contribution in [2.75, 3.05) is 152 Å². The number of hydrogen-bond acceptors (Lipinski definition) is 35. The Morgan fingerprint density at radius 2 is 0.874 bits per heavy atom. The van der Waals surface area contributed by atoms with Crippen molar-refractivity contribution in [1.29, 1.82) is 0 Å². The van der Waals surface area contributed by atoms with Gasteiger partial charge in [0.15, 0.2) is 11.4 Å². The van der Waals surface area contributed by atoms with Crippen LogP contribution < -0.4 is 89.8 Å². The molecule has 43 heteroatoms. The molecule has 5 rings (SSSR count). The molecular weight excluding hydrogens is 1690 g/mol. The van der Waals surface area contributed by atoms with E-state index in [1.54, 1.807) is 29.2 Å². The number of terminal acetylenes is 2. The first-order valence-electron chi connectivity index (χ1n) is 37.9. The van der Waals surface area contributed by atoms with Crippen LogP contribution in [0.15, 0.2) is 105 Å². The molecule has 1 heterocycles. The van der Waals surface area contributed by atoms with Gasteiger partial charge in [-0.2, -0.15) is 0 Å². The molecule has 1 saturated heterocycles. The van der Waals surface area contributed by atoms with Crippen molar-refractivity contribution >= 4 is 116 Å². The summed E-state index contributed by atoms with van der Waals surface area (Å²) in [5, 5.41) is 107. The average Bonchev–Trinajstić information content (AvgIpc) is 1.47. The molecule has 0 aromatic heterocycles. The number of unbranched alkanes of at least 4 members (excludes halogenated alkanes) is 3. The van der Waals surface area contributed by atoms with Crippen LogP contribution in [0.3, 0.4) is 0 Å². The Kier molecular flexibility index (Phi) is 59.6. The number of aliphatic carboxylic acids is 2. The SMILES string of the molecule is C#CC#CC#CC#CC(CC(=O)OCCOCCOCCN(CCOCCOC(=O)CC(C#CC#CC#CC#C)C(=O)[O-])c1ccc(N=Nc2ccc([N+](=O)[O-])cc2[N+](=O)[O-])c(NC(C)=O)c1)C(=O)[O-].CC(=O)Nc1cc(N(CCOCCO)CCOCCOCCO)ccc1N=Nc1ccc([N+](=O)[O-])cc1[N+](=O)[O-].CCCCC/C=C/CC1CC(=O)OC1=O.[HH].[HH].[HH].[HH].[HH].[HH].[HH].[HH].[HH].[HH].[HH].[HH].[HH].[HH].[Na+].[Na+]. The molecule has 1 aliphatic rings. The van der Waals surface area contributed by atoms with Crippen LogP contribution in [0.4, 0.5) is 68.2 Å². The van der Waals surface area contributed by atoms with Crippen molar-refractivity contribution < 1.29 is 200 Å². The Bertz CT molecular complexity index is 5050. The van der Waals surface area contributed by atoms with Gasteiger partial charge < -0.3 is 93.1 Å². The van der Waals surface area contributed by atoms with Gasteiger partial charge in [-0.1, -0.05) is 43.8 Å². The molecule has 4 aromatic carbocycles. The molecule has 1 fully saturated rings. The Morgan fingerprint density at radius 1 is 0.512 bits per heavy atom. The topological polar surface area (TPSA) is 559 Å². The second-order valence-electron chi connectivity index (χ2n) is 25.0. The predicted octanol–water partition coefficient (Wildman–Crippen LogP) is 3.39. The van der Waals surface area contributed by atoms with Crippen LogP contribution in [0.5, 0.6) is 0 Å². The summed E-state index contributed by atoms with van der Waals surface area (Å²) in [6.45, 7) is 7.22. The summed E-state index contributed by atoms with van der Waals surface area (Å²) in [6.07, 6.45) is 18.4. The number of aliphatic hydroxyl groups is 2. The first-order chi connectivity index (χ1) is 60.2. The van der Waals surface area contributed by atoms with Crippen LogP contribution >= 0.6 is 0 Å². The number of nitrogens with zero attached hydrogens (tertiary/aromatic N) is 10. The molecule has 0 radical (unpaired) electrons. The predicted molar refractivity (Wildman–Crippen MR) is 472 cm³/mol. The maximum absolute atomic E-state index is 12.3. The van der Waals surface area contributed by atoms with Gasteiger partial charge >= 0.3 is 94.4 Å². The largest absolute Gasteiger partial charge is 1.00 e. The van der Waals surface area contributed by atoms with Gasteiger partial charge in [0.1, 0.15) is 24.6 Å². The number of amides is 2. The summed E-state index contributed by atoms with van der Waals surface area (Å²) >= 11 is 0. The first-order valence-corrected chi connectivity index (χ1v) is 37.9. The van der Waals surface area contributed by atoms with E-state index in [2.05, 4.69) is 120 Å². The second kappa shape index (κ2) is 67.5. The van der Waals surface area contributed by atoms with Gasteiger partial charge in [-0.15, -0.1) is 33.3 Å². The van der Waals surface area contributed by atoms with E-state index >= 15 is 0 Å². The minimum atomic E-state index is -1.61. The fourth-order valence-corrected chi connectivity index (χ4v) is 9.90. The Hall–Kier alpha value is -12.9. The van der Waals surface area contributed by atoms with Gasteiger partial charge in [-0.05, 0) is 139 Å². The molecule has 4 aromatic rings. The van der Waals surface area contributed by atoms with Crippen molar-refractivity contribution in [1.82, 2.24) is 0 Å². The fourth-order valence-electron chi connectivity index (χ4n) is 9.90. The third kappa shape index (κ3) is 48.8. The molecule has 1 aliphatic heterocycles. The van der Waals surface area contributed by atoms with Crippen LogP contribution in [0.25, 0.3) is 0 Å². The van der Waals surface area contributed by atoms with Crippen LogP contribution in [0.2, 0.25) is 0 Å². The summed E-state index contributed by atoms with van der Waals surface area (Å²) in [5.74, 6) is 21.6. The number of carboxylic acids is 2. The number of rotatable bonds is 52. The third-order valence-corrected chi connectivity index (χ3v) is 15.8. The maximum Gasteiger partial charge on any atom is 1.00 e. The van der Waals surface area contributed by atoms with Crippen molar-refractivity contribution in [3.8, 4) is 95.7 Å². The van der Waals surface area contributed by atoms with Crippen molar-refractivity contribution in [2.24, 2.45) is 38.2 Å². The minimum Gasteiger partial charge on any atom is -0.549 e. The normalized spacial score (nSPS) is 11.7. The van der Waals surface area contributed by atoms with Gasteiger partial charge in [-0.3, -0.25) is 69.2 Å². The van der Waals surface area contributed by atoms with Crippen LogP contribution in [-0.2, 0) is 81.0 Å². The zero-order valence-electron chi connectivity index (χ0n) is 70.2. The number of hydrogen-bond donors (Lipinski definition) is 4. The molecule has 3 unspecified atom stereocenters. The minimum absolute atomic E-state index is 0. The van der Waals surface area contributed by atoms with E-state index < -0.39 is 96.9 Å². The number of nitro benzene ring substituents is 4. The maximum atomic E-state index is 12.3. The Morgan fingerprint density at radius 3 is 1.23 bits per heavy atom. The average molecular weight is 1800 g/mol. The van der Waals surface area contributed by atoms with Gasteiger partial charge in [0.05, 0.1) is 185 Å². The van der Waals surface area contributed by atoms with Crippen molar-refractivity contribution in [3.63, 3.8) is 0 Å². The van der Waals surface area contributed by atoms with E-state index in [-0.39, 0.29) is 236 Å². The number of benzene rings is 4. The number of aliphatic hydroxyl groups excluding tert-OH is 2. The smallest absolute Gasteiger partial charge is 0.549 e. The number of carbonyl (C=O) groups is 8. The number of cyclic esters (lactones) is 2. The summed E-state index contributed by atoms with van der Waals surface area (Å²) < 4.78 is 47.5. The molecule has 0 aliphatic carbocycles. The molecule has 127 heavy (non-hydrogen) atoms. The van der Waals surface area contributed by atoms with Gasteiger partial charge in [-0.25, -0.2) is 0 Å². The van der Waals surface area contributed by atoms with E-state index in [9.17, 15) is 89.0 Å². The molecule has 3 atom stereocenters. The zero-order chi connectivity index (χ0) is 91.9. The van der Waals surface area contributed by atoms with E-state index in [0.717, 1.165) is 42.8 Å². The third-order valence-electron chi connectivity index (χ3n) is 15.8.